The molecular weight excluding hydrogens is 264 g/mol. The van der Waals surface area contributed by atoms with Gasteiger partial charge in [-0.15, -0.1) is 5.10 Å². The van der Waals surface area contributed by atoms with Crippen molar-refractivity contribution >= 4 is 0 Å². The number of nitrogens with zero attached hydrogens (tertiary/aromatic N) is 3. The second-order valence-electron chi connectivity index (χ2n) is 5.60. The van der Waals surface area contributed by atoms with Gasteiger partial charge in [-0.05, 0) is 19.0 Å². The Balaban J connectivity index is 1.79. The molecule has 3 rings (SSSR count). The lowest BCUT2D eigenvalue weighted by molar-refractivity contribution is 0.296. The summed E-state index contributed by atoms with van der Waals surface area (Å²) in [6, 6.07) is 8.65. The summed E-state index contributed by atoms with van der Waals surface area (Å²) in [7, 11) is 1.90. The molecule has 5 nitrogen and oxygen atoms in total. The van der Waals surface area contributed by atoms with Crippen LogP contribution in [0.2, 0.25) is 0 Å². The van der Waals surface area contributed by atoms with E-state index in [2.05, 4.69) is 40.8 Å². The van der Waals surface area contributed by atoms with E-state index in [0.717, 1.165) is 37.4 Å². The Hall–Kier alpha value is -1.88. The van der Waals surface area contributed by atoms with Crippen molar-refractivity contribution in [3.05, 3.63) is 41.7 Å². The van der Waals surface area contributed by atoms with Gasteiger partial charge in [-0.1, -0.05) is 30.3 Å². The number of hydrogen-bond acceptors (Lipinski definition) is 4. The summed E-state index contributed by atoms with van der Waals surface area (Å²) < 4.78 is 7.59. The summed E-state index contributed by atoms with van der Waals surface area (Å²) in [5.74, 6) is 1.39. The first-order valence-corrected chi connectivity index (χ1v) is 7.58. The molecule has 5 heteroatoms. The minimum atomic E-state index is 0.324. The molecule has 1 N–H and O–H groups in total. The van der Waals surface area contributed by atoms with E-state index in [1.54, 1.807) is 4.68 Å². The molecule has 0 aliphatic carbocycles. The Morgan fingerprint density at radius 2 is 2.29 bits per heavy atom. The average molecular weight is 286 g/mol. The van der Waals surface area contributed by atoms with Crippen molar-refractivity contribution in [2.24, 2.45) is 7.05 Å². The van der Waals surface area contributed by atoms with Gasteiger partial charge in [0.25, 0.3) is 0 Å². The zero-order valence-corrected chi connectivity index (χ0v) is 12.6. The molecule has 1 aromatic heterocycles. The molecule has 1 aliphatic heterocycles. The van der Waals surface area contributed by atoms with Crippen molar-refractivity contribution in [3.63, 3.8) is 0 Å². The van der Waals surface area contributed by atoms with E-state index < -0.39 is 0 Å². The van der Waals surface area contributed by atoms with Crippen LogP contribution in [0.5, 0.6) is 5.75 Å². The Kier molecular flexibility index (Phi) is 4.20. The number of nitrogens with one attached hydrogen (secondary N) is 1. The molecule has 112 valence electrons. The van der Waals surface area contributed by atoms with Crippen molar-refractivity contribution in [3.8, 4) is 5.75 Å². The van der Waals surface area contributed by atoms with E-state index in [-0.39, 0.29) is 0 Å². The summed E-state index contributed by atoms with van der Waals surface area (Å²) in [4.78, 5) is 0. The SMILES string of the molecule is CCCNC(Cc1cn(C)nn1)C1COc2ccccc21. The Bertz CT molecular complexity index is 595. The van der Waals surface area contributed by atoms with Crippen LogP contribution in [0.25, 0.3) is 0 Å². The lowest BCUT2D eigenvalue weighted by atomic mass is 9.90. The second kappa shape index (κ2) is 6.26. The lowest BCUT2D eigenvalue weighted by Crippen LogP contribution is -2.38. The second-order valence-corrected chi connectivity index (χ2v) is 5.60. The van der Waals surface area contributed by atoms with E-state index >= 15 is 0 Å². The van der Waals surface area contributed by atoms with Crippen LogP contribution in [-0.4, -0.2) is 34.2 Å². The molecule has 2 heterocycles. The lowest BCUT2D eigenvalue weighted by Gasteiger charge is -2.23. The summed E-state index contributed by atoms with van der Waals surface area (Å²) in [6.07, 6.45) is 3.98. The van der Waals surface area contributed by atoms with Gasteiger partial charge in [0.2, 0.25) is 0 Å². The number of benzene rings is 1. The van der Waals surface area contributed by atoms with Crippen LogP contribution in [0.4, 0.5) is 0 Å². The molecule has 0 spiro atoms. The van der Waals surface area contributed by atoms with Gasteiger partial charge in [-0.2, -0.15) is 0 Å². The van der Waals surface area contributed by atoms with Crippen LogP contribution < -0.4 is 10.1 Å². The smallest absolute Gasteiger partial charge is 0.122 e. The highest BCUT2D eigenvalue weighted by atomic mass is 16.5. The molecular formula is C16H22N4O. The first-order valence-electron chi connectivity index (χ1n) is 7.58. The summed E-state index contributed by atoms with van der Waals surface area (Å²) >= 11 is 0. The maximum atomic E-state index is 5.83. The maximum Gasteiger partial charge on any atom is 0.122 e. The predicted octanol–water partition coefficient (Wildman–Crippen LogP) is 1.90. The molecule has 1 aliphatic rings. The Labute approximate surface area is 125 Å². The number of rotatable bonds is 6. The van der Waals surface area contributed by atoms with E-state index in [4.69, 9.17) is 4.74 Å². The quantitative estimate of drug-likeness (QED) is 0.881. The molecule has 0 amide bonds. The van der Waals surface area contributed by atoms with Crippen LogP contribution in [0.1, 0.15) is 30.5 Å². The number of aromatic nitrogens is 3. The van der Waals surface area contributed by atoms with Crippen molar-refractivity contribution in [2.45, 2.75) is 31.7 Å². The van der Waals surface area contributed by atoms with Gasteiger partial charge in [-0.3, -0.25) is 4.68 Å². The van der Waals surface area contributed by atoms with Crippen molar-refractivity contribution < 1.29 is 4.74 Å². The van der Waals surface area contributed by atoms with Crippen LogP contribution in [-0.2, 0) is 13.5 Å². The van der Waals surface area contributed by atoms with Gasteiger partial charge >= 0.3 is 0 Å². The fourth-order valence-corrected chi connectivity index (χ4v) is 2.92. The molecule has 0 bridgehead atoms. The summed E-state index contributed by atoms with van der Waals surface area (Å²) in [6.45, 7) is 3.93. The van der Waals surface area contributed by atoms with Gasteiger partial charge < -0.3 is 10.1 Å². The topological polar surface area (TPSA) is 52.0 Å². The minimum absolute atomic E-state index is 0.324. The van der Waals surface area contributed by atoms with Crippen LogP contribution in [0.15, 0.2) is 30.5 Å². The molecule has 2 aromatic rings. The van der Waals surface area contributed by atoms with Crippen LogP contribution >= 0.6 is 0 Å². The molecule has 0 saturated heterocycles. The third-order valence-corrected chi connectivity index (χ3v) is 3.96. The summed E-state index contributed by atoms with van der Waals surface area (Å²) in [5, 5.41) is 11.9. The van der Waals surface area contributed by atoms with E-state index in [1.807, 2.05) is 19.3 Å². The average Bonchev–Trinajstić information content (AvgIpc) is 3.09. The normalized spacial score (nSPS) is 18.3. The highest BCUT2D eigenvalue weighted by Gasteiger charge is 2.31. The predicted molar refractivity (Wildman–Crippen MR) is 81.5 cm³/mol. The number of ether oxygens (including phenoxy) is 1. The number of aryl methyl sites for hydroxylation is 1. The zero-order chi connectivity index (χ0) is 14.7. The van der Waals surface area contributed by atoms with Crippen molar-refractivity contribution in [1.82, 2.24) is 20.3 Å². The first-order chi connectivity index (χ1) is 10.3. The highest BCUT2D eigenvalue weighted by molar-refractivity contribution is 5.40. The van der Waals surface area contributed by atoms with Crippen molar-refractivity contribution in [2.75, 3.05) is 13.2 Å². The Morgan fingerprint density at radius 1 is 1.43 bits per heavy atom. The number of hydrogen-bond donors (Lipinski definition) is 1. The largest absolute Gasteiger partial charge is 0.493 e. The fraction of sp³-hybridized carbons (Fsp3) is 0.500. The molecule has 21 heavy (non-hydrogen) atoms. The molecule has 0 fully saturated rings. The number of fused-ring (bicyclic) bond motifs is 1. The van der Waals surface area contributed by atoms with Gasteiger partial charge in [0.15, 0.2) is 0 Å². The zero-order valence-electron chi connectivity index (χ0n) is 12.6. The van der Waals surface area contributed by atoms with E-state index in [1.165, 1.54) is 5.56 Å². The Morgan fingerprint density at radius 3 is 3.05 bits per heavy atom. The van der Waals surface area contributed by atoms with Gasteiger partial charge in [0, 0.05) is 37.2 Å². The van der Waals surface area contributed by atoms with E-state index in [9.17, 15) is 0 Å². The van der Waals surface area contributed by atoms with Gasteiger partial charge in [0.05, 0.1) is 12.3 Å². The molecule has 2 atom stereocenters. The molecule has 0 saturated carbocycles. The molecule has 0 radical (unpaired) electrons. The van der Waals surface area contributed by atoms with Crippen LogP contribution in [0, 0.1) is 0 Å². The highest BCUT2D eigenvalue weighted by Crippen LogP contribution is 2.36. The van der Waals surface area contributed by atoms with E-state index in [0.29, 0.717) is 12.0 Å². The maximum absolute atomic E-state index is 5.83. The fourth-order valence-electron chi connectivity index (χ4n) is 2.92. The van der Waals surface area contributed by atoms with Gasteiger partial charge in [-0.25, -0.2) is 0 Å². The number of para-hydroxylation sites is 1. The summed E-state index contributed by atoms with van der Waals surface area (Å²) in [5.41, 5.74) is 2.32. The standard InChI is InChI=1S/C16H22N4O/c1-3-8-17-15(9-12-10-20(2)19-18-12)14-11-21-16-7-5-4-6-13(14)16/h4-7,10,14-15,17H,3,8-9,11H2,1-2H3. The molecule has 2 unspecified atom stereocenters. The minimum Gasteiger partial charge on any atom is -0.493 e. The molecule has 1 aromatic carbocycles. The first kappa shape index (κ1) is 14.1. The third kappa shape index (κ3) is 3.08. The monoisotopic (exact) mass is 286 g/mol. The third-order valence-electron chi connectivity index (χ3n) is 3.96. The van der Waals surface area contributed by atoms with Gasteiger partial charge in [0.1, 0.15) is 5.75 Å². The van der Waals surface area contributed by atoms with Crippen molar-refractivity contribution in [1.29, 1.82) is 0 Å². The van der Waals surface area contributed by atoms with Crippen LogP contribution in [0.3, 0.4) is 0 Å².